The Hall–Kier alpha value is -2.87. The summed E-state index contributed by atoms with van der Waals surface area (Å²) in [7, 11) is 1.58. The number of hydrogen-bond acceptors (Lipinski definition) is 6. The molecule has 0 N–H and O–H groups in total. The summed E-state index contributed by atoms with van der Waals surface area (Å²) < 4.78 is 12.6. The summed E-state index contributed by atoms with van der Waals surface area (Å²) in [5, 5.41) is 0.833. The lowest BCUT2D eigenvalue weighted by atomic mass is 9.96. The molecule has 170 valence electrons. The van der Waals surface area contributed by atoms with Crippen LogP contribution in [0.15, 0.2) is 63.5 Å². The van der Waals surface area contributed by atoms with Crippen molar-refractivity contribution < 1.29 is 14.3 Å². The molecule has 0 radical (unpaired) electrons. The maximum absolute atomic E-state index is 13.5. The van der Waals surface area contributed by atoms with Crippen molar-refractivity contribution in [3.63, 3.8) is 0 Å². The van der Waals surface area contributed by atoms with Gasteiger partial charge in [0, 0.05) is 0 Å². The maximum atomic E-state index is 13.5. The Labute approximate surface area is 204 Å². The van der Waals surface area contributed by atoms with Crippen molar-refractivity contribution in [2.24, 2.45) is 4.99 Å². The van der Waals surface area contributed by atoms with E-state index in [0.717, 1.165) is 11.1 Å². The van der Waals surface area contributed by atoms with Crippen molar-refractivity contribution in [2.75, 3.05) is 13.7 Å². The molecule has 0 fully saturated rings. The SMILES string of the molecule is CCOC(=O)C1=C(C)N=c2s/c(=C\c3ccc(Cl)c(Cl)c3)c(=O)n2[C@H]1c1ccc(OC)cc1. The Kier molecular flexibility index (Phi) is 6.74. The highest BCUT2D eigenvalue weighted by Gasteiger charge is 2.33. The third-order valence-electron chi connectivity index (χ3n) is 5.19. The van der Waals surface area contributed by atoms with Crippen LogP contribution in [-0.2, 0) is 9.53 Å². The van der Waals surface area contributed by atoms with Crippen LogP contribution in [0, 0.1) is 0 Å². The molecule has 0 spiro atoms. The summed E-state index contributed by atoms with van der Waals surface area (Å²) in [5.41, 5.74) is 2.05. The van der Waals surface area contributed by atoms with Crippen LogP contribution in [0.1, 0.15) is 31.0 Å². The van der Waals surface area contributed by atoms with E-state index in [1.165, 1.54) is 15.9 Å². The largest absolute Gasteiger partial charge is 0.497 e. The number of nitrogens with zero attached hydrogens (tertiary/aromatic N) is 2. The number of halogens is 2. The quantitative estimate of drug-likeness (QED) is 0.492. The Morgan fingerprint density at radius 2 is 1.91 bits per heavy atom. The number of allylic oxidation sites excluding steroid dienone is 1. The van der Waals surface area contributed by atoms with Crippen LogP contribution in [0.3, 0.4) is 0 Å². The molecule has 1 atom stereocenters. The lowest BCUT2D eigenvalue weighted by Gasteiger charge is -2.24. The van der Waals surface area contributed by atoms with Crippen LogP contribution >= 0.6 is 34.5 Å². The smallest absolute Gasteiger partial charge is 0.338 e. The van der Waals surface area contributed by atoms with Gasteiger partial charge in [-0.25, -0.2) is 9.79 Å². The molecule has 0 saturated carbocycles. The van der Waals surface area contributed by atoms with Gasteiger partial charge in [-0.15, -0.1) is 0 Å². The van der Waals surface area contributed by atoms with Crippen molar-refractivity contribution in [2.45, 2.75) is 19.9 Å². The number of aromatic nitrogens is 1. The summed E-state index contributed by atoms with van der Waals surface area (Å²) in [4.78, 5) is 31.5. The zero-order valence-corrected chi connectivity index (χ0v) is 20.4. The lowest BCUT2D eigenvalue weighted by molar-refractivity contribution is -0.139. The highest BCUT2D eigenvalue weighted by atomic mass is 35.5. The highest BCUT2D eigenvalue weighted by Crippen LogP contribution is 2.31. The number of benzene rings is 2. The van der Waals surface area contributed by atoms with Crippen molar-refractivity contribution >= 4 is 46.6 Å². The minimum absolute atomic E-state index is 0.215. The molecule has 1 aromatic heterocycles. The van der Waals surface area contributed by atoms with Gasteiger partial charge < -0.3 is 9.47 Å². The minimum Gasteiger partial charge on any atom is -0.497 e. The van der Waals surface area contributed by atoms with Crippen LogP contribution in [-0.4, -0.2) is 24.3 Å². The van der Waals surface area contributed by atoms with Gasteiger partial charge in [0.25, 0.3) is 5.56 Å². The molecule has 9 heteroatoms. The molecule has 0 unspecified atom stereocenters. The normalized spacial score (nSPS) is 15.8. The Bertz CT molecular complexity index is 1440. The summed E-state index contributed by atoms with van der Waals surface area (Å²) in [6.07, 6.45) is 1.74. The van der Waals surface area contributed by atoms with Crippen LogP contribution in [0.2, 0.25) is 10.0 Å². The second kappa shape index (κ2) is 9.55. The van der Waals surface area contributed by atoms with E-state index >= 15 is 0 Å². The summed E-state index contributed by atoms with van der Waals surface area (Å²) >= 11 is 13.4. The molecule has 1 aliphatic heterocycles. The van der Waals surface area contributed by atoms with Gasteiger partial charge in [-0.3, -0.25) is 9.36 Å². The number of esters is 1. The fourth-order valence-corrected chi connectivity index (χ4v) is 5.00. The number of thiazole rings is 1. The molecule has 2 aromatic carbocycles. The molecule has 33 heavy (non-hydrogen) atoms. The molecule has 0 bridgehead atoms. The van der Waals surface area contributed by atoms with Gasteiger partial charge in [-0.2, -0.15) is 0 Å². The van der Waals surface area contributed by atoms with Gasteiger partial charge in [-0.05, 0) is 55.3 Å². The van der Waals surface area contributed by atoms with Gasteiger partial charge >= 0.3 is 5.97 Å². The predicted octanol–water partition coefficient (Wildman–Crippen LogP) is 4.11. The summed E-state index contributed by atoms with van der Waals surface area (Å²) in [6, 6.07) is 11.7. The molecule has 1 aliphatic rings. The van der Waals surface area contributed by atoms with E-state index in [9.17, 15) is 9.59 Å². The molecule has 0 amide bonds. The summed E-state index contributed by atoms with van der Waals surface area (Å²) in [5.74, 6) is 0.169. The van der Waals surface area contributed by atoms with E-state index in [0.29, 0.717) is 36.4 Å². The molecule has 0 saturated heterocycles. The first-order valence-corrected chi connectivity index (χ1v) is 11.7. The molecule has 4 rings (SSSR count). The number of hydrogen-bond donors (Lipinski definition) is 0. The van der Waals surface area contributed by atoms with Gasteiger partial charge in [0.05, 0.1) is 45.6 Å². The van der Waals surface area contributed by atoms with Crippen molar-refractivity contribution in [1.29, 1.82) is 0 Å². The van der Waals surface area contributed by atoms with E-state index in [1.54, 1.807) is 57.4 Å². The van der Waals surface area contributed by atoms with Gasteiger partial charge in [-0.1, -0.05) is 52.7 Å². The van der Waals surface area contributed by atoms with Crippen molar-refractivity contribution in [3.05, 3.63) is 94.6 Å². The predicted molar refractivity (Wildman–Crippen MR) is 130 cm³/mol. The maximum Gasteiger partial charge on any atom is 0.338 e. The van der Waals surface area contributed by atoms with Crippen molar-refractivity contribution in [1.82, 2.24) is 4.57 Å². The topological polar surface area (TPSA) is 69.9 Å². The van der Waals surface area contributed by atoms with Crippen LogP contribution < -0.4 is 19.6 Å². The number of carbonyl (C=O) groups excluding carboxylic acids is 1. The number of rotatable bonds is 5. The number of carbonyl (C=O) groups is 1. The Morgan fingerprint density at radius 1 is 1.18 bits per heavy atom. The van der Waals surface area contributed by atoms with E-state index in [2.05, 4.69) is 4.99 Å². The lowest BCUT2D eigenvalue weighted by Crippen LogP contribution is -2.39. The number of methoxy groups -OCH3 is 1. The second-order valence-electron chi connectivity index (χ2n) is 7.25. The zero-order chi connectivity index (χ0) is 23.7. The fraction of sp³-hybridized carbons (Fsp3) is 0.208. The summed E-state index contributed by atoms with van der Waals surface area (Å²) in [6.45, 7) is 3.70. The van der Waals surface area contributed by atoms with Crippen LogP contribution in [0.5, 0.6) is 5.75 Å². The van der Waals surface area contributed by atoms with Gasteiger partial charge in [0.2, 0.25) is 0 Å². The average Bonchev–Trinajstić information content (AvgIpc) is 3.10. The Morgan fingerprint density at radius 3 is 2.55 bits per heavy atom. The van der Waals surface area contributed by atoms with E-state index in [4.69, 9.17) is 32.7 Å². The van der Waals surface area contributed by atoms with E-state index in [1.807, 2.05) is 12.1 Å². The monoisotopic (exact) mass is 502 g/mol. The zero-order valence-electron chi connectivity index (χ0n) is 18.1. The minimum atomic E-state index is -0.679. The van der Waals surface area contributed by atoms with Crippen molar-refractivity contribution in [3.8, 4) is 5.75 Å². The third-order valence-corrected chi connectivity index (χ3v) is 6.91. The van der Waals surface area contributed by atoms with E-state index in [-0.39, 0.29) is 12.2 Å². The number of ether oxygens (including phenoxy) is 2. The third kappa shape index (κ3) is 4.49. The standard InChI is InChI=1S/C24H20Cl2N2O4S/c1-4-32-23(30)20-13(2)27-24-28(21(20)15-6-8-16(31-3)9-7-15)22(29)19(33-24)12-14-5-10-17(25)18(26)11-14/h5-12,21H,4H2,1-3H3/b19-12-/t21-/m0/s1. The fourth-order valence-electron chi connectivity index (χ4n) is 3.65. The van der Waals surface area contributed by atoms with Gasteiger partial charge in [0.1, 0.15) is 5.75 Å². The van der Waals surface area contributed by atoms with E-state index < -0.39 is 12.0 Å². The first-order chi connectivity index (χ1) is 15.8. The Balaban J connectivity index is 1.94. The van der Waals surface area contributed by atoms with Crippen LogP contribution in [0.25, 0.3) is 6.08 Å². The first kappa shape index (κ1) is 23.3. The first-order valence-electron chi connectivity index (χ1n) is 10.1. The molecule has 6 nitrogen and oxygen atoms in total. The average molecular weight is 503 g/mol. The van der Waals surface area contributed by atoms with Gasteiger partial charge in [0.15, 0.2) is 4.80 Å². The molecular weight excluding hydrogens is 483 g/mol. The number of fused-ring (bicyclic) bond motifs is 1. The van der Waals surface area contributed by atoms with Crippen LogP contribution in [0.4, 0.5) is 0 Å². The molecular formula is C24H20Cl2N2O4S. The second-order valence-corrected chi connectivity index (χ2v) is 9.07. The highest BCUT2D eigenvalue weighted by molar-refractivity contribution is 7.07. The molecule has 3 aromatic rings. The molecule has 0 aliphatic carbocycles. The molecule has 2 heterocycles.